The van der Waals surface area contributed by atoms with Gasteiger partial charge in [0.2, 0.25) is 0 Å². The van der Waals surface area contributed by atoms with Gasteiger partial charge in [-0.2, -0.15) is 0 Å². The Bertz CT molecular complexity index is 933. The molecule has 0 aromatic heterocycles. The summed E-state index contributed by atoms with van der Waals surface area (Å²) in [5.74, 6) is 0.348. The Morgan fingerprint density at radius 2 is 1.40 bits per heavy atom. The highest BCUT2D eigenvalue weighted by molar-refractivity contribution is 5.94. The Balaban J connectivity index is 1.95. The Kier molecular flexibility index (Phi) is 3.61. The first-order valence-corrected chi connectivity index (χ1v) is 9.18. The third-order valence-corrected chi connectivity index (χ3v) is 6.46. The quantitative estimate of drug-likeness (QED) is 0.556. The average molecular weight is 326 g/mol. The summed E-state index contributed by atoms with van der Waals surface area (Å²) >= 11 is 0. The van der Waals surface area contributed by atoms with Gasteiger partial charge in [0.1, 0.15) is 0 Å². The lowest BCUT2D eigenvalue weighted by molar-refractivity contribution is 0.524. The van der Waals surface area contributed by atoms with Crippen LogP contribution in [0.3, 0.4) is 0 Å². The molecule has 2 aliphatic rings. The summed E-state index contributed by atoms with van der Waals surface area (Å²) in [6.45, 7) is 11.7. The fourth-order valence-corrected chi connectivity index (χ4v) is 4.72. The molecule has 0 N–H and O–H groups in total. The van der Waals surface area contributed by atoms with Crippen LogP contribution in [0.4, 0.5) is 0 Å². The summed E-state index contributed by atoms with van der Waals surface area (Å²) < 4.78 is 0. The normalized spacial score (nSPS) is 21.6. The molecule has 1 unspecified atom stereocenters. The molecule has 2 aliphatic carbocycles. The first-order valence-electron chi connectivity index (χ1n) is 9.18. The van der Waals surface area contributed by atoms with Gasteiger partial charge in [-0.25, -0.2) is 0 Å². The van der Waals surface area contributed by atoms with Gasteiger partial charge >= 0.3 is 0 Å². The zero-order chi connectivity index (χ0) is 17.8. The van der Waals surface area contributed by atoms with Crippen LogP contribution in [0.15, 0.2) is 76.9 Å². The minimum atomic E-state index is 0.101. The molecular weight excluding hydrogens is 300 g/mol. The van der Waals surface area contributed by atoms with E-state index in [1.54, 1.807) is 5.57 Å². The molecule has 2 aromatic carbocycles. The monoisotopic (exact) mass is 326 g/mol. The van der Waals surface area contributed by atoms with Crippen LogP contribution >= 0.6 is 0 Å². The van der Waals surface area contributed by atoms with Crippen molar-refractivity contribution in [3.05, 3.63) is 93.6 Å². The third-order valence-electron chi connectivity index (χ3n) is 6.46. The van der Waals surface area contributed by atoms with E-state index in [4.69, 9.17) is 0 Å². The summed E-state index contributed by atoms with van der Waals surface area (Å²) in [5, 5.41) is 0. The molecule has 1 atom stereocenters. The summed E-state index contributed by atoms with van der Waals surface area (Å²) in [6.07, 6.45) is 2.40. The number of hydrogen-bond donors (Lipinski definition) is 0. The van der Waals surface area contributed by atoms with Gasteiger partial charge in [0.05, 0.1) is 0 Å². The van der Waals surface area contributed by atoms with Crippen LogP contribution in [0.25, 0.3) is 11.6 Å². The molecule has 0 saturated heterocycles. The van der Waals surface area contributed by atoms with E-state index in [1.807, 2.05) is 0 Å². The van der Waals surface area contributed by atoms with Crippen LogP contribution in [-0.4, -0.2) is 0 Å². The van der Waals surface area contributed by atoms with E-state index in [-0.39, 0.29) is 5.41 Å². The van der Waals surface area contributed by atoms with E-state index in [2.05, 4.69) is 95.3 Å². The minimum Gasteiger partial charge on any atom is -0.0622 e. The van der Waals surface area contributed by atoms with Gasteiger partial charge < -0.3 is 0 Å². The Morgan fingerprint density at radius 3 is 2.04 bits per heavy atom. The van der Waals surface area contributed by atoms with Crippen molar-refractivity contribution in [3.63, 3.8) is 0 Å². The van der Waals surface area contributed by atoms with Gasteiger partial charge in [-0.3, -0.25) is 0 Å². The van der Waals surface area contributed by atoms with Crippen molar-refractivity contribution in [1.82, 2.24) is 0 Å². The molecule has 0 heteroatoms. The van der Waals surface area contributed by atoms with Crippen molar-refractivity contribution in [2.24, 2.45) is 5.41 Å². The zero-order valence-electron chi connectivity index (χ0n) is 15.9. The molecule has 0 amide bonds. The lowest BCUT2D eigenvalue weighted by Gasteiger charge is -2.32. The molecule has 0 radical (unpaired) electrons. The fraction of sp³-hybridized carbons (Fsp3) is 0.280. The fourth-order valence-electron chi connectivity index (χ4n) is 4.72. The van der Waals surface area contributed by atoms with Crippen LogP contribution in [0, 0.1) is 5.41 Å². The molecule has 2 aromatic rings. The Hall–Kier alpha value is -2.34. The molecule has 4 rings (SSSR count). The number of hydrogen-bond acceptors (Lipinski definition) is 0. The smallest absolute Gasteiger partial charge is 0.0325 e. The molecule has 126 valence electrons. The van der Waals surface area contributed by atoms with E-state index in [0.29, 0.717) is 5.92 Å². The van der Waals surface area contributed by atoms with Gasteiger partial charge in [-0.05, 0) is 65.8 Å². The topological polar surface area (TPSA) is 0 Å². The second-order valence-corrected chi connectivity index (χ2v) is 7.94. The third kappa shape index (κ3) is 2.28. The van der Waals surface area contributed by atoms with Crippen LogP contribution < -0.4 is 0 Å². The SMILES string of the molecule is CC1=C(C)C(C)(C)C(C2C(c3ccccc3)=Cc3ccccc32)=C1C. The van der Waals surface area contributed by atoms with Crippen molar-refractivity contribution in [2.45, 2.75) is 40.5 Å². The molecule has 0 nitrogen and oxygen atoms in total. The molecule has 0 saturated carbocycles. The van der Waals surface area contributed by atoms with Crippen LogP contribution in [0.5, 0.6) is 0 Å². The van der Waals surface area contributed by atoms with Gasteiger partial charge in [0.25, 0.3) is 0 Å². The van der Waals surface area contributed by atoms with Gasteiger partial charge in [-0.15, -0.1) is 0 Å². The van der Waals surface area contributed by atoms with Crippen molar-refractivity contribution < 1.29 is 0 Å². The van der Waals surface area contributed by atoms with Gasteiger partial charge in [0.15, 0.2) is 0 Å². The van der Waals surface area contributed by atoms with Crippen molar-refractivity contribution in [1.29, 1.82) is 0 Å². The molecule has 0 spiro atoms. The van der Waals surface area contributed by atoms with Crippen LogP contribution in [0.2, 0.25) is 0 Å². The highest BCUT2D eigenvalue weighted by atomic mass is 14.5. The van der Waals surface area contributed by atoms with E-state index in [0.717, 1.165) is 0 Å². The molecule has 0 aliphatic heterocycles. The zero-order valence-corrected chi connectivity index (χ0v) is 15.9. The summed E-state index contributed by atoms with van der Waals surface area (Å²) in [5.41, 5.74) is 11.7. The molecule has 0 heterocycles. The summed E-state index contributed by atoms with van der Waals surface area (Å²) in [4.78, 5) is 0. The summed E-state index contributed by atoms with van der Waals surface area (Å²) in [7, 11) is 0. The second kappa shape index (κ2) is 5.59. The molecule has 25 heavy (non-hydrogen) atoms. The van der Waals surface area contributed by atoms with Gasteiger partial charge in [-0.1, -0.05) is 74.0 Å². The van der Waals surface area contributed by atoms with Crippen molar-refractivity contribution in [2.75, 3.05) is 0 Å². The molecular formula is C25H26. The van der Waals surface area contributed by atoms with Crippen molar-refractivity contribution in [3.8, 4) is 0 Å². The van der Waals surface area contributed by atoms with E-state index >= 15 is 0 Å². The number of allylic oxidation sites excluding steroid dienone is 5. The number of fused-ring (bicyclic) bond motifs is 1. The highest BCUT2D eigenvalue weighted by Gasteiger charge is 2.42. The maximum Gasteiger partial charge on any atom is 0.0325 e. The molecule has 0 fully saturated rings. The van der Waals surface area contributed by atoms with Gasteiger partial charge in [0, 0.05) is 11.3 Å². The Morgan fingerprint density at radius 1 is 0.760 bits per heavy atom. The maximum atomic E-state index is 2.40. The predicted octanol–water partition coefficient (Wildman–Crippen LogP) is 7.02. The lowest BCUT2D eigenvalue weighted by atomic mass is 9.71. The lowest BCUT2D eigenvalue weighted by Crippen LogP contribution is -2.19. The van der Waals surface area contributed by atoms with Crippen LogP contribution in [-0.2, 0) is 0 Å². The average Bonchev–Trinajstić information content (AvgIpc) is 3.06. The first kappa shape index (κ1) is 16.1. The van der Waals surface area contributed by atoms with Crippen LogP contribution in [0.1, 0.15) is 57.2 Å². The number of rotatable bonds is 2. The largest absolute Gasteiger partial charge is 0.0622 e. The van der Waals surface area contributed by atoms with E-state index in [9.17, 15) is 0 Å². The highest BCUT2D eigenvalue weighted by Crippen LogP contribution is 2.57. The van der Waals surface area contributed by atoms with Crippen molar-refractivity contribution >= 4 is 11.6 Å². The second-order valence-electron chi connectivity index (χ2n) is 7.94. The Labute approximate surface area is 151 Å². The van der Waals surface area contributed by atoms with E-state index < -0.39 is 0 Å². The minimum absolute atomic E-state index is 0.101. The number of benzene rings is 2. The molecule has 0 bridgehead atoms. The maximum absolute atomic E-state index is 2.40. The van der Waals surface area contributed by atoms with E-state index in [1.165, 1.54) is 39.0 Å². The predicted molar refractivity (Wildman–Crippen MR) is 108 cm³/mol. The standard InChI is InChI=1S/C25H26/c1-16-17(2)24(25(4,5)18(16)3)23-21-14-10-9-13-20(21)15-22(23)19-11-7-6-8-12-19/h6-15,23H,1-5H3. The summed E-state index contributed by atoms with van der Waals surface area (Å²) in [6, 6.07) is 19.8. The first-order chi connectivity index (χ1) is 11.9.